The van der Waals surface area contributed by atoms with Gasteiger partial charge in [0.05, 0.1) is 11.9 Å². The molecular weight excluding hydrogens is 218 g/mol. The van der Waals surface area contributed by atoms with E-state index in [1.807, 2.05) is 0 Å². The number of aryl methyl sites for hydroxylation is 1. The van der Waals surface area contributed by atoms with Crippen molar-refractivity contribution in [1.82, 2.24) is 0 Å². The van der Waals surface area contributed by atoms with Crippen molar-refractivity contribution in [3.63, 3.8) is 0 Å². The summed E-state index contributed by atoms with van der Waals surface area (Å²) < 4.78 is 0. The summed E-state index contributed by atoms with van der Waals surface area (Å²) in [5, 5.41) is 20.8. The van der Waals surface area contributed by atoms with Crippen LogP contribution >= 0.6 is 0 Å². The van der Waals surface area contributed by atoms with Crippen LogP contribution in [-0.4, -0.2) is 11.9 Å². The van der Waals surface area contributed by atoms with Crippen LogP contribution in [-0.2, 0) is 0 Å². The molecule has 0 aliphatic carbocycles. The third kappa shape index (κ3) is 4.68. The predicted octanol–water partition coefficient (Wildman–Crippen LogP) is -7.27. The van der Waals surface area contributed by atoms with Crippen LogP contribution in [0.1, 0.15) is 26.3 Å². The molecule has 0 amide bonds. The average molecular weight is 224 g/mol. The number of aromatic carboxylic acids is 2. The van der Waals surface area contributed by atoms with E-state index in [9.17, 15) is 19.8 Å². The zero-order chi connectivity index (χ0) is 10.0. The molecule has 6 heteroatoms. The van der Waals surface area contributed by atoms with E-state index in [-0.39, 0.29) is 70.2 Å². The molecule has 0 fully saturated rings. The average Bonchev–Trinajstić information content (AvgIpc) is 2.03. The quantitative estimate of drug-likeness (QED) is 0.467. The molecular formula is C9H6Na2O4. The summed E-state index contributed by atoms with van der Waals surface area (Å²) in [5.74, 6) is -2.64. The second-order valence-electron chi connectivity index (χ2n) is 2.60. The van der Waals surface area contributed by atoms with E-state index >= 15 is 0 Å². The number of hydrogen-bond donors (Lipinski definition) is 0. The Hall–Kier alpha value is 0.160. The number of hydrogen-bond acceptors (Lipinski definition) is 4. The Bertz CT molecular complexity index is 376. The van der Waals surface area contributed by atoms with E-state index in [0.717, 1.165) is 0 Å². The normalized spacial score (nSPS) is 8.33. The molecule has 0 heterocycles. The molecule has 0 N–H and O–H groups in total. The maximum absolute atomic E-state index is 10.4. The van der Waals surface area contributed by atoms with Crippen LogP contribution in [0.2, 0.25) is 0 Å². The van der Waals surface area contributed by atoms with Gasteiger partial charge in [0.1, 0.15) is 0 Å². The SMILES string of the molecule is Cc1cc(C(=O)[O-])ccc1C(=O)[O-].[Na+].[Na+]. The molecule has 0 saturated carbocycles. The molecule has 1 aromatic rings. The summed E-state index contributed by atoms with van der Waals surface area (Å²) in [6.45, 7) is 1.50. The Kier molecular flexibility index (Phi) is 8.70. The van der Waals surface area contributed by atoms with E-state index in [1.165, 1.54) is 25.1 Å². The first-order valence-corrected chi connectivity index (χ1v) is 3.55. The molecule has 0 atom stereocenters. The number of benzene rings is 1. The van der Waals surface area contributed by atoms with Crippen molar-refractivity contribution in [2.24, 2.45) is 0 Å². The van der Waals surface area contributed by atoms with Gasteiger partial charge in [-0.2, -0.15) is 0 Å². The molecule has 0 aliphatic rings. The van der Waals surface area contributed by atoms with Crippen LogP contribution in [0.4, 0.5) is 0 Å². The van der Waals surface area contributed by atoms with Crippen molar-refractivity contribution in [1.29, 1.82) is 0 Å². The van der Waals surface area contributed by atoms with Crippen LogP contribution < -0.4 is 69.3 Å². The van der Waals surface area contributed by atoms with E-state index in [0.29, 0.717) is 5.56 Å². The van der Waals surface area contributed by atoms with Gasteiger partial charge in [-0.15, -0.1) is 0 Å². The molecule has 68 valence electrons. The molecule has 0 spiro atoms. The van der Waals surface area contributed by atoms with E-state index < -0.39 is 11.9 Å². The third-order valence-electron chi connectivity index (χ3n) is 1.68. The molecule has 0 saturated heterocycles. The Balaban J connectivity index is 0. The second kappa shape index (κ2) is 7.44. The van der Waals surface area contributed by atoms with Gasteiger partial charge in [0.2, 0.25) is 0 Å². The predicted molar refractivity (Wildman–Crippen MR) is 39.8 cm³/mol. The van der Waals surface area contributed by atoms with Gasteiger partial charge < -0.3 is 19.8 Å². The minimum absolute atomic E-state index is 0. The van der Waals surface area contributed by atoms with Gasteiger partial charge in [0.15, 0.2) is 0 Å². The summed E-state index contributed by atoms with van der Waals surface area (Å²) in [7, 11) is 0. The molecule has 0 unspecified atom stereocenters. The molecule has 1 rings (SSSR count). The molecule has 0 radical (unpaired) electrons. The van der Waals surface area contributed by atoms with Crippen molar-refractivity contribution in [2.45, 2.75) is 6.92 Å². The van der Waals surface area contributed by atoms with Crippen LogP contribution in [0.5, 0.6) is 0 Å². The fraction of sp³-hybridized carbons (Fsp3) is 0.111. The van der Waals surface area contributed by atoms with Crippen molar-refractivity contribution >= 4 is 11.9 Å². The summed E-state index contributed by atoms with van der Waals surface area (Å²) in [6.07, 6.45) is 0. The van der Waals surface area contributed by atoms with Gasteiger partial charge in [-0.1, -0.05) is 12.1 Å². The summed E-state index contributed by atoms with van der Waals surface area (Å²) in [4.78, 5) is 20.8. The van der Waals surface area contributed by atoms with Gasteiger partial charge in [0.25, 0.3) is 0 Å². The number of carboxylic acid groups (broad SMARTS) is 2. The number of carbonyl (C=O) groups is 2. The van der Waals surface area contributed by atoms with Crippen molar-refractivity contribution in [3.8, 4) is 0 Å². The molecule has 15 heavy (non-hydrogen) atoms. The molecule has 4 nitrogen and oxygen atoms in total. The van der Waals surface area contributed by atoms with E-state index in [1.54, 1.807) is 0 Å². The monoisotopic (exact) mass is 224 g/mol. The summed E-state index contributed by atoms with van der Waals surface area (Å²) >= 11 is 0. The van der Waals surface area contributed by atoms with Crippen molar-refractivity contribution in [2.75, 3.05) is 0 Å². The smallest absolute Gasteiger partial charge is 0.545 e. The largest absolute Gasteiger partial charge is 1.00 e. The second-order valence-corrected chi connectivity index (χ2v) is 2.60. The zero-order valence-corrected chi connectivity index (χ0v) is 12.9. The molecule has 1 aromatic carbocycles. The first-order valence-electron chi connectivity index (χ1n) is 3.55. The van der Waals surface area contributed by atoms with Gasteiger partial charge in [-0.3, -0.25) is 0 Å². The van der Waals surface area contributed by atoms with Crippen molar-refractivity contribution in [3.05, 3.63) is 34.9 Å². The maximum atomic E-state index is 10.4. The number of carboxylic acids is 2. The molecule has 0 aromatic heterocycles. The summed E-state index contributed by atoms with van der Waals surface area (Å²) in [6, 6.07) is 3.60. The van der Waals surface area contributed by atoms with Crippen LogP contribution in [0.25, 0.3) is 0 Å². The minimum Gasteiger partial charge on any atom is -0.545 e. The maximum Gasteiger partial charge on any atom is 1.00 e. The minimum atomic E-state index is -1.33. The topological polar surface area (TPSA) is 80.3 Å². The van der Waals surface area contributed by atoms with Crippen LogP contribution in [0, 0.1) is 6.92 Å². The van der Waals surface area contributed by atoms with E-state index in [2.05, 4.69) is 0 Å². The zero-order valence-electron chi connectivity index (χ0n) is 8.87. The third-order valence-corrected chi connectivity index (χ3v) is 1.68. The van der Waals surface area contributed by atoms with E-state index in [4.69, 9.17) is 0 Å². The Morgan fingerprint density at radius 1 is 1.07 bits per heavy atom. The Morgan fingerprint density at radius 2 is 1.60 bits per heavy atom. The number of carbonyl (C=O) groups excluding carboxylic acids is 2. The van der Waals surface area contributed by atoms with Gasteiger partial charge in [-0.25, -0.2) is 0 Å². The fourth-order valence-electron chi connectivity index (χ4n) is 1.02. The Morgan fingerprint density at radius 3 is 1.93 bits per heavy atom. The number of rotatable bonds is 2. The summed E-state index contributed by atoms with van der Waals surface area (Å²) in [5.41, 5.74) is 0.300. The Labute approximate surface area is 131 Å². The van der Waals surface area contributed by atoms with Crippen LogP contribution in [0.15, 0.2) is 18.2 Å². The molecule has 0 aliphatic heterocycles. The van der Waals surface area contributed by atoms with Gasteiger partial charge >= 0.3 is 59.1 Å². The van der Waals surface area contributed by atoms with Gasteiger partial charge in [-0.05, 0) is 24.1 Å². The molecule has 0 bridgehead atoms. The first-order chi connectivity index (χ1) is 6.02. The fourth-order valence-corrected chi connectivity index (χ4v) is 1.02. The van der Waals surface area contributed by atoms with Gasteiger partial charge in [0, 0.05) is 5.56 Å². The van der Waals surface area contributed by atoms with Crippen LogP contribution in [0.3, 0.4) is 0 Å². The first kappa shape index (κ1) is 17.6. The van der Waals surface area contributed by atoms with Crippen molar-refractivity contribution < 1.29 is 78.9 Å². The standard InChI is InChI=1S/C9H8O4.2Na/c1-5-4-6(8(10)11)2-3-7(5)9(12)13;;/h2-4H,1H3,(H,10,11)(H,12,13);;/q;2*+1/p-2.